The van der Waals surface area contributed by atoms with Crippen molar-refractivity contribution in [3.05, 3.63) is 57.5 Å². The number of hydrogen-bond donors (Lipinski definition) is 1. The van der Waals surface area contributed by atoms with Gasteiger partial charge in [-0.15, -0.1) is 0 Å². The molecule has 1 saturated heterocycles. The van der Waals surface area contributed by atoms with Crippen molar-refractivity contribution in [2.45, 2.75) is 4.90 Å². The Bertz CT molecular complexity index is 930. The summed E-state index contributed by atoms with van der Waals surface area (Å²) in [4.78, 5) is 12.6. The van der Waals surface area contributed by atoms with Gasteiger partial charge in [0.2, 0.25) is 10.0 Å². The summed E-state index contributed by atoms with van der Waals surface area (Å²) in [5.74, 6) is -0.441. The normalized spacial score (nSPS) is 15.6. The third-order valence-corrected chi connectivity index (χ3v) is 7.13. The van der Waals surface area contributed by atoms with Gasteiger partial charge in [-0.05, 0) is 46.3 Å². The average molecular weight is 460 g/mol. The Balaban J connectivity index is 1.90. The Morgan fingerprint density at radius 2 is 1.85 bits per heavy atom. The lowest BCUT2D eigenvalue weighted by Crippen LogP contribution is -2.40. The first-order valence-corrected chi connectivity index (χ1v) is 10.4. The van der Waals surface area contributed by atoms with Crippen LogP contribution >= 0.6 is 27.5 Å². The van der Waals surface area contributed by atoms with Crippen LogP contribution in [0.2, 0.25) is 5.02 Å². The first kappa shape index (κ1) is 19.3. The number of halogens is 2. The molecule has 0 atom stereocenters. The third kappa shape index (κ3) is 4.10. The van der Waals surface area contributed by atoms with E-state index in [0.29, 0.717) is 28.4 Å². The molecule has 0 radical (unpaired) electrons. The van der Waals surface area contributed by atoms with E-state index in [4.69, 9.17) is 16.3 Å². The van der Waals surface area contributed by atoms with E-state index >= 15 is 0 Å². The molecule has 0 bridgehead atoms. The minimum atomic E-state index is -3.73. The van der Waals surface area contributed by atoms with Gasteiger partial charge >= 0.3 is 0 Å². The van der Waals surface area contributed by atoms with Crippen LogP contribution in [0.3, 0.4) is 0 Å². The number of ether oxygens (including phenoxy) is 1. The van der Waals surface area contributed by atoms with Crippen LogP contribution in [0.15, 0.2) is 51.8 Å². The highest BCUT2D eigenvalue weighted by atomic mass is 79.9. The summed E-state index contributed by atoms with van der Waals surface area (Å²) in [6.45, 7) is 1.27. The number of morpholine rings is 1. The van der Waals surface area contributed by atoms with Gasteiger partial charge in [0.05, 0.1) is 28.8 Å². The smallest absolute Gasteiger partial charge is 0.255 e. The summed E-state index contributed by atoms with van der Waals surface area (Å²) in [5, 5.41) is 3.09. The zero-order chi connectivity index (χ0) is 18.7. The second-order valence-corrected chi connectivity index (χ2v) is 8.76. The third-order valence-electron chi connectivity index (χ3n) is 3.90. The number of anilines is 1. The largest absolute Gasteiger partial charge is 0.379 e. The van der Waals surface area contributed by atoms with Gasteiger partial charge in [-0.1, -0.05) is 23.7 Å². The van der Waals surface area contributed by atoms with Crippen molar-refractivity contribution < 1.29 is 17.9 Å². The Morgan fingerprint density at radius 1 is 1.15 bits per heavy atom. The van der Waals surface area contributed by atoms with Crippen molar-refractivity contribution in [2.24, 2.45) is 0 Å². The fourth-order valence-electron chi connectivity index (χ4n) is 2.53. The fraction of sp³-hybridized carbons (Fsp3) is 0.235. The molecule has 0 saturated carbocycles. The molecule has 9 heteroatoms. The van der Waals surface area contributed by atoms with Crippen LogP contribution in [0, 0.1) is 0 Å². The van der Waals surface area contributed by atoms with Crippen LogP contribution in [-0.4, -0.2) is 44.9 Å². The summed E-state index contributed by atoms with van der Waals surface area (Å²) >= 11 is 9.32. The minimum Gasteiger partial charge on any atom is -0.379 e. The maximum Gasteiger partial charge on any atom is 0.255 e. The lowest BCUT2D eigenvalue weighted by Gasteiger charge is -2.26. The fourth-order valence-corrected chi connectivity index (χ4v) is 5.07. The highest BCUT2D eigenvalue weighted by Gasteiger charge is 2.29. The molecule has 0 aromatic heterocycles. The van der Waals surface area contributed by atoms with Crippen molar-refractivity contribution in [3.8, 4) is 0 Å². The van der Waals surface area contributed by atoms with Crippen LogP contribution in [0.4, 0.5) is 5.69 Å². The van der Waals surface area contributed by atoms with Crippen molar-refractivity contribution in [1.82, 2.24) is 4.31 Å². The van der Waals surface area contributed by atoms with Crippen molar-refractivity contribution in [3.63, 3.8) is 0 Å². The van der Waals surface area contributed by atoms with E-state index < -0.39 is 15.9 Å². The maximum atomic E-state index is 12.9. The molecule has 1 heterocycles. The standard InChI is InChI=1S/C17H16BrClN2O4S/c18-13-6-5-12(17(22)20-15-4-2-1-3-14(15)19)11-16(13)26(23,24)21-7-9-25-10-8-21/h1-6,11H,7-10H2,(H,20,22). The molecule has 6 nitrogen and oxygen atoms in total. The number of nitrogens with one attached hydrogen (secondary N) is 1. The molecule has 1 aliphatic rings. The highest BCUT2D eigenvalue weighted by Crippen LogP contribution is 2.28. The van der Waals surface area contributed by atoms with Crippen molar-refractivity contribution >= 4 is 49.1 Å². The van der Waals surface area contributed by atoms with Gasteiger partial charge in [-0.25, -0.2) is 8.42 Å². The second-order valence-electron chi connectivity index (χ2n) is 5.60. The molecule has 138 valence electrons. The SMILES string of the molecule is O=C(Nc1ccccc1Cl)c1ccc(Br)c(S(=O)(=O)N2CCOCC2)c1. The molecule has 1 aliphatic heterocycles. The molecule has 3 rings (SSSR count). The van der Waals surface area contributed by atoms with E-state index in [0.717, 1.165) is 0 Å². The summed E-state index contributed by atoms with van der Waals surface area (Å²) < 4.78 is 32.7. The average Bonchev–Trinajstić information content (AvgIpc) is 2.64. The number of sulfonamides is 1. The lowest BCUT2D eigenvalue weighted by atomic mass is 10.2. The summed E-state index contributed by atoms with van der Waals surface area (Å²) in [7, 11) is -3.73. The lowest BCUT2D eigenvalue weighted by molar-refractivity contribution is 0.0730. The number of carbonyl (C=O) groups is 1. The molecule has 0 aliphatic carbocycles. The molecule has 2 aromatic rings. The van der Waals surface area contributed by atoms with E-state index in [9.17, 15) is 13.2 Å². The number of para-hydroxylation sites is 1. The topological polar surface area (TPSA) is 75.7 Å². The first-order chi connectivity index (χ1) is 12.4. The molecule has 26 heavy (non-hydrogen) atoms. The van der Waals surface area contributed by atoms with Crippen LogP contribution in [0.5, 0.6) is 0 Å². The maximum absolute atomic E-state index is 12.9. The summed E-state index contributed by atoms with van der Waals surface area (Å²) in [6, 6.07) is 11.3. The molecule has 1 amide bonds. The minimum absolute atomic E-state index is 0.0474. The van der Waals surface area contributed by atoms with Crippen molar-refractivity contribution in [2.75, 3.05) is 31.6 Å². The molecule has 0 unspecified atom stereocenters. The number of benzene rings is 2. The van der Waals surface area contributed by atoms with Crippen LogP contribution in [-0.2, 0) is 14.8 Å². The zero-order valence-corrected chi connectivity index (χ0v) is 16.8. The van der Waals surface area contributed by atoms with Crippen LogP contribution < -0.4 is 5.32 Å². The van der Waals surface area contributed by atoms with E-state index in [2.05, 4.69) is 21.2 Å². The van der Waals surface area contributed by atoms with Crippen molar-refractivity contribution in [1.29, 1.82) is 0 Å². The quantitative estimate of drug-likeness (QED) is 0.760. The van der Waals surface area contributed by atoms with Gasteiger partial charge in [0.1, 0.15) is 0 Å². The molecule has 2 aromatic carbocycles. The van der Waals surface area contributed by atoms with Gasteiger partial charge in [-0.3, -0.25) is 4.79 Å². The van der Waals surface area contributed by atoms with Gasteiger partial charge in [0, 0.05) is 23.1 Å². The predicted octanol–water partition coefficient (Wildman–Crippen LogP) is 3.38. The predicted molar refractivity (Wildman–Crippen MR) is 103 cm³/mol. The monoisotopic (exact) mass is 458 g/mol. The number of rotatable bonds is 4. The Hall–Kier alpha value is -1.45. The molecule has 0 spiro atoms. The summed E-state index contributed by atoms with van der Waals surface area (Å²) in [6.07, 6.45) is 0. The number of hydrogen-bond acceptors (Lipinski definition) is 4. The van der Waals surface area contributed by atoms with Gasteiger partial charge in [0.15, 0.2) is 0 Å². The number of carbonyl (C=O) groups excluding carboxylic acids is 1. The molecule has 1 fully saturated rings. The molecular weight excluding hydrogens is 444 g/mol. The Labute approximate surface area is 165 Å². The highest BCUT2D eigenvalue weighted by molar-refractivity contribution is 9.10. The van der Waals surface area contributed by atoms with Crippen LogP contribution in [0.25, 0.3) is 0 Å². The second kappa shape index (κ2) is 8.06. The number of amides is 1. The Kier molecular flexibility index (Phi) is 5.99. The summed E-state index contributed by atoms with van der Waals surface area (Å²) in [5.41, 5.74) is 0.680. The molecule has 1 N–H and O–H groups in total. The van der Waals surface area contributed by atoms with E-state index in [-0.39, 0.29) is 23.5 Å². The van der Waals surface area contributed by atoms with Gasteiger partial charge in [-0.2, -0.15) is 4.31 Å². The van der Waals surface area contributed by atoms with E-state index in [1.54, 1.807) is 36.4 Å². The first-order valence-electron chi connectivity index (χ1n) is 7.83. The van der Waals surface area contributed by atoms with Gasteiger partial charge in [0.25, 0.3) is 5.91 Å². The van der Waals surface area contributed by atoms with Crippen LogP contribution in [0.1, 0.15) is 10.4 Å². The molecular formula is C17H16BrClN2O4S. The van der Waals surface area contributed by atoms with E-state index in [1.165, 1.54) is 10.4 Å². The van der Waals surface area contributed by atoms with Gasteiger partial charge < -0.3 is 10.1 Å². The zero-order valence-electron chi connectivity index (χ0n) is 13.6. The van der Waals surface area contributed by atoms with E-state index in [1.807, 2.05) is 0 Å². The number of nitrogens with zero attached hydrogens (tertiary/aromatic N) is 1. The Morgan fingerprint density at radius 3 is 2.54 bits per heavy atom.